The van der Waals surface area contributed by atoms with Gasteiger partial charge in [0.2, 0.25) is 0 Å². The summed E-state index contributed by atoms with van der Waals surface area (Å²) in [4.78, 5) is 14.7. The molecule has 1 saturated carbocycles. The summed E-state index contributed by atoms with van der Waals surface area (Å²) in [5, 5.41) is 8.19. The van der Waals surface area contributed by atoms with Gasteiger partial charge in [0.1, 0.15) is 0 Å². The van der Waals surface area contributed by atoms with E-state index in [1.165, 1.54) is 19.3 Å². The van der Waals surface area contributed by atoms with Crippen LogP contribution < -0.4 is 0 Å². The van der Waals surface area contributed by atoms with Crippen LogP contribution in [0.5, 0.6) is 0 Å². The Bertz CT molecular complexity index is 150. The Balaban J connectivity index is 2.39. The van der Waals surface area contributed by atoms with Gasteiger partial charge in [0, 0.05) is 0 Å². The molecule has 0 aromatic carbocycles. The summed E-state index contributed by atoms with van der Waals surface area (Å²) in [5.41, 5.74) is 0. The van der Waals surface area contributed by atoms with Crippen molar-refractivity contribution in [1.29, 1.82) is 0 Å². The average Bonchev–Trinajstić information content (AvgIpc) is 2.17. The van der Waals surface area contributed by atoms with Gasteiger partial charge in [-0.2, -0.15) is 5.26 Å². The predicted octanol–water partition coefficient (Wildman–Crippen LogP) is 2.22. The first-order valence-electron chi connectivity index (χ1n) is 4.61. The summed E-state index contributed by atoms with van der Waals surface area (Å²) >= 11 is 0. The molecule has 0 aromatic heterocycles. The van der Waals surface area contributed by atoms with Gasteiger partial charge in [-0.05, 0) is 18.8 Å². The first-order chi connectivity index (χ1) is 5.75. The number of hydrogen-bond donors (Lipinski definition) is 1. The van der Waals surface area contributed by atoms with E-state index in [9.17, 15) is 4.79 Å². The van der Waals surface area contributed by atoms with Gasteiger partial charge in [0.05, 0.1) is 5.92 Å². The molecule has 0 heterocycles. The summed E-state index contributed by atoms with van der Waals surface area (Å²) in [5.74, 6) is -0.212. The fourth-order valence-electron chi connectivity index (χ4n) is 1.91. The van der Waals surface area contributed by atoms with Gasteiger partial charge >= 0.3 is 5.97 Å². The molecule has 12 heavy (non-hydrogen) atoms. The van der Waals surface area contributed by atoms with E-state index in [0.29, 0.717) is 5.92 Å². The molecule has 1 atom stereocenters. The maximum absolute atomic E-state index is 10.9. The monoisotopic (exact) mass is 172 g/mol. The van der Waals surface area contributed by atoms with Crippen LogP contribution in [0.25, 0.3) is 0 Å². The SMILES string of the molecule is C[C@@H](C(=O)OO)C1CCCCC1. The molecule has 0 aromatic rings. The molecular formula is C9H16O3. The topological polar surface area (TPSA) is 46.5 Å². The molecule has 1 aliphatic carbocycles. The second-order valence-electron chi connectivity index (χ2n) is 3.60. The Morgan fingerprint density at radius 3 is 2.50 bits per heavy atom. The smallest absolute Gasteiger partial charge is 0.301 e. The van der Waals surface area contributed by atoms with Gasteiger partial charge in [0.15, 0.2) is 0 Å². The Hall–Kier alpha value is -0.570. The number of hydrogen-bond acceptors (Lipinski definition) is 3. The third-order valence-electron chi connectivity index (χ3n) is 2.82. The molecule has 0 unspecified atom stereocenters. The highest BCUT2D eigenvalue weighted by Crippen LogP contribution is 2.30. The zero-order valence-corrected chi connectivity index (χ0v) is 7.45. The molecule has 3 nitrogen and oxygen atoms in total. The van der Waals surface area contributed by atoms with E-state index in [2.05, 4.69) is 4.89 Å². The minimum Gasteiger partial charge on any atom is -0.301 e. The summed E-state index contributed by atoms with van der Waals surface area (Å²) in [6, 6.07) is 0. The van der Waals surface area contributed by atoms with Crippen molar-refractivity contribution in [3.63, 3.8) is 0 Å². The zero-order chi connectivity index (χ0) is 8.97. The van der Waals surface area contributed by atoms with E-state index >= 15 is 0 Å². The van der Waals surface area contributed by atoms with Crippen molar-refractivity contribution in [3.8, 4) is 0 Å². The lowest BCUT2D eigenvalue weighted by atomic mass is 9.81. The van der Waals surface area contributed by atoms with E-state index in [1.807, 2.05) is 6.92 Å². The van der Waals surface area contributed by atoms with Crippen molar-refractivity contribution in [3.05, 3.63) is 0 Å². The van der Waals surface area contributed by atoms with Gasteiger partial charge in [-0.3, -0.25) is 0 Å². The second-order valence-corrected chi connectivity index (χ2v) is 3.60. The van der Waals surface area contributed by atoms with Crippen LogP contribution in [0.1, 0.15) is 39.0 Å². The van der Waals surface area contributed by atoms with E-state index in [0.717, 1.165) is 12.8 Å². The molecule has 1 N–H and O–H groups in total. The Labute approximate surface area is 72.7 Å². The van der Waals surface area contributed by atoms with Crippen molar-refractivity contribution in [2.24, 2.45) is 11.8 Å². The standard InChI is InChI=1S/C9H16O3/c1-7(9(10)12-11)8-5-3-2-4-6-8/h7-8,11H,2-6H2,1H3/t7-/m1/s1. The molecular weight excluding hydrogens is 156 g/mol. The van der Waals surface area contributed by atoms with E-state index in [-0.39, 0.29) is 5.92 Å². The quantitative estimate of drug-likeness (QED) is 0.513. The van der Waals surface area contributed by atoms with Crippen LogP contribution in [0, 0.1) is 11.8 Å². The molecule has 1 aliphatic rings. The molecule has 0 radical (unpaired) electrons. The summed E-state index contributed by atoms with van der Waals surface area (Å²) < 4.78 is 0. The van der Waals surface area contributed by atoms with Gasteiger partial charge in [-0.1, -0.05) is 26.2 Å². The predicted molar refractivity (Wildman–Crippen MR) is 44.5 cm³/mol. The first kappa shape index (κ1) is 9.52. The molecule has 70 valence electrons. The maximum atomic E-state index is 10.9. The van der Waals surface area contributed by atoms with E-state index in [4.69, 9.17) is 5.26 Å². The van der Waals surface area contributed by atoms with Crippen LogP contribution in [-0.2, 0) is 9.68 Å². The molecule has 0 spiro atoms. The van der Waals surface area contributed by atoms with Crippen LogP contribution in [0.2, 0.25) is 0 Å². The highest BCUT2D eigenvalue weighted by atomic mass is 17.1. The van der Waals surface area contributed by atoms with Gasteiger partial charge in [0.25, 0.3) is 0 Å². The lowest BCUT2D eigenvalue weighted by Gasteiger charge is -2.24. The van der Waals surface area contributed by atoms with Crippen molar-refractivity contribution in [2.75, 3.05) is 0 Å². The highest BCUT2D eigenvalue weighted by Gasteiger charge is 2.26. The fraction of sp³-hybridized carbons (Fsp3) is 0.889. The number of carbonyl (C=O) groups excluding carboxylic acids is 1. The Morgan fingerprint density at radius 1 is 1.42 bits per heavy atom. The largest absolute Gasteiger partial charge is 0.345 e. The van der Waals surface area contributed by atoms with Crippen LogP contribution >= 0.6 is 0 Å². The minimum atomic E-state index is -0.484. The van der Waals surface area contributed by atoms with Crippen LogP contribution in [0.15, 0.2) is 0 Å². The van der Waals surface area contributed by atoms with Gasteiger partial charge in [-0.25, -0.2) is 4.79 Å². The third-order valence-corrected chi connectivity index (χ3v) is 2.82. The first-order valence-corrected chi connectivity index (χ1v) is 4.61. The van der Waals surface area contributed by atoms with Crippen molar-refractivity contribution < 1.29 is 14.9 Å². The average molecular weight is 172 g/mol. The van der Waals surface area contributed by atoms with Gasteiger partial charge in [-0.15, -0.1) is 0 Å². The zero-order valence-electron chi connectivity index (χ0n) is 7.45. The van der Waals surface area contributed by atoms with Crippen LogP contribution in [0.3, 0.4) is 0 Å². The minimum absolute atomic E-state index is 0.143. The van der Waals surface area contributed by atoms with Crippen LogP contribution in [-0.4, -0.2) is 11.2 Å². The van der Waals surface area contributed by atoms with Crippen molar-refractivity contribution in [1.82, 2.24) is 0 Å². The summed E-state index contributed by atoms with van der Waals surface area (Å²) in [7, 11) is 0. The second kappa shape index (κ2) is 4.45. The normalized spacial score (nSPS) is 21.8. The molecule has 3 heteroatoms. The van der Waals surface area contributed by atoms with Crippen LogP contribution in [0.4, 0.5) is 0 Å². The third kappa shape index (κ3) is 2.21. The van der Waals surface area contributed by atoms with E-state index in [1.54, 1.807) is 0 Å². The van der Waals surface area contributed by atoms with E-state index < -0.39 is 5.97 Å². The lowest BCUT2D eigenvalue weighted by Crippen LogP contribution is -2.24. The van der Waals surface area contributed by atoms with Crippen molar-refractivity contribution >= 4 is 5.97 Å². The van der Waals surface area contributed by atoms with Gasteiger partial charge < -0.3 is 4.89 Å². The Morgan fingerprint density at radius 2 is 2.00 bits per heavy atom. The molecule has 0 amide bonds. The molecule has 1 rings (SSSR count). The number of rotatable bonds is 2. The Kier molecular flexibility index (Phi) is 3.53. The summed E-state index contributed by atoms with van der Waals surface area (Å²) in [6.45, 7) is 1.83. The highest BCUT2D eigenvalue weighted by molar-refractivity contribution is 5.71. The molecule has 0 saturated heterocycles. The summed E-state index contributed by atoms with van der Waals surface area (Å²) in [6.07, 6.45) is 5.87. The molecule has 1 fully saturated rings. The number of carbonyl (C=O) groups is 1. The maximum Gasteiger partial charge on any atom is 0.345 e. The van der Waals surface area contributed by atoms with Crippen molar-refractivity contribution in [2.45, 2.75) is 39.0 Å². The fourth-order valence-corrected chi connectivity index (χ4v) is 1.91. The molecule has 0 aliphatic heterocycles. The lowest BCUT2D eigenvalue weighted by molar-refractivity contribution is -0.240. The molecule has 0 bridgehead atoms.